The molecule has 1 aromatic carbocycles. The zero-order chi connectivity index (χ0) is 24.3. The van der Waals surface area contributed by atoms with Gasteiger partial charge in [0.2, 0.25) is 17.7 Å². The van der Waals surface area contributed by atoms with Crippen molar-refractivity contribution in [3.63, 3.8) is 0 Å². The maximum atomic E-state index is 12.9. The highest BCUT2D eigenvalue weighted by Gasteiger charge is 2.48. The van der Waals surface area contributed by atoms with E-state index >= 15 is 0 Å². The fourth-order valence-electron chi connectivity index (χ4n) is 5.60. The fourth-order valence-corrected chi connectivity index (χ4v) is 5.78. The molecule has 9 heteroatoms. The molecule has 0 radical (unpaired) electrons. The van der Waals surface area contributed by atoms with E-state index in [-0.39, 0.29) is 29.2 Å². The van der Waals surface area contributed by atoms with Gasteiger partial charge < -0.3 is 20.4 Å². The van der Waals surface area contributed by atoms with Crippen molar-refractivity contribution < 1.29 is 14.4 Å². The third-order valence-electron chi connectivity index (χ3n) is 7.62. The first-order chi connectivity index (χ1) is 16.3. The highest BCUT2D eigenvalue weighted by Crippen LogP contribution is 2.41. The van der Waals surface area contributed by atoms with E-state index in [9.17, 15) is 14.4 Å². The Balaban J connectivity index is 1.21. The van der Waals surface area contributed by atoms with Crippen molar-refractivity contribution >= 4 is 35.0 Å². The Hall–Kier alpha value is -2.32. The van der Waals surface area contributed by atoms with E-state index in [1.807, 2.05) is 18.2 Å². The van der Waals surface area contributed by atoms with E-state index in [0.717, 1.165) is 50.6 Å². The van der Waals surface area contributed by atoms with Crippen LogP contribution in [0, 0.1) is 5.41 Å². The van der Waals surface area contributed by atoms with Gasteiger partial charge in [0.05, 0.1) is 5.41 Å². The molecule has 2 N–H and O–H groups in total. The van der Waals surface area contributed by atoms with Gasteiger partial charge in [0.25, 0.3) is 0 Å². The maximum absolute atomic E-state index is 12.9. The minimum atomic E-state index is -0.531. The summed E-state index contributed by atoms with van der Waals surface area (Å²) in [6.45, 7) is 9.18. The number of hydrogen-bond donors (Lipinski definition) is 2. The summed E-state index contributed by atoms with van der Waals surface area (Å²) in [6, 6.07) is 7.68. The topological polar surface area (TPSA) is 85.0 Å². The predicted molar refractivity (Wildman–Crippen MR) is 133 cm³/mol. The Kier molecular flexibility index (Phi) is 7.67. The lowest BCUT2D eigenvalue weighted by atomic mass is 9.75. The number of carbonyl (C=O) groups is 3. The van der Waals surface area contributed by atoms with Crippen LogP contribution in [0.3, 0.4) is 0 Å². The van der Waals surface area contributed by atoms with Crippen LogP contribution in [0.5, 0.6) is 0 Å². The van der Waals surface area contributed by atoms with Crippen LogP contribution in [-0.2, 0) is 14.4 Å². The van der Waals surface area contributed by atoms with Crippen LogP contribution in [0.4, 0.5) is 5.69 Å². The Morgan fingerprint density at radius 3 is 2.53 bits per heavy atom. The summed E-state index contributed by atoms with van der Waals surface area (Å²) in [6.07, 6.45) is 3.17. The standard InChI is InChI=1S/C25H36ClN5O3/c1-18(27-19(2)32)23(33)31-10-7-25(8-11-31)17-21(28-24(25)34)6-9-29-12-14-30(15-13-29)22-5-3-4-20(26)16-22/h3-5,16,18,21H,6-15,17H2,1-2H3,(H,27,32)(H,28,34)/t18-,21+/m1/s1. The van der Waals surface area contributed by atoms with Crippen molar-refractivity contribution in [2.24, 2.45) is 5.41 Å². The van der Waals surface area contributed by atoms with Crippen molar-refractivity contribution in [3.05, 3.63) is 29.3 Å². The number of likely N-dealkylation sites (tertiary alicyclic amines) is 1. The number of nitrogens with one attached hydrogen (secondary N) is 2. The Morgan fingerprint density at radius 2 is 1.88 bits per heavy atom. The van der Waals surface area contributed by atoms with Crippen LogP contribution >= 0.6 is 11.6 Å². The largest absolute Gasteiger partial charge is 0.369 e. The first kappa shape index (κ1) is 24.8. The molecule has 186 valence electrons. The molecule has 3 aliphatic rings. The van der Waals surface area contributed by atoms with Gasteiger partial charge in [-0.05, 0) is 50.8 Å². The van der Waals surface area contributed by atoms with E-state index in [1.54, 1.807) is 11.8 Å². The van der Waals surface area contributed by atoms with Gasteiger partial charge in [-0.1, -0.05) is 17.7 Å². The van der Waals surface area contributed by atoms with Gasteiger partial charge in [-0.25, -0.2) is 0 Å². The second-order valence-electron chi connectivity index (χ2n) is 10.00. The molecular weight excluding hydrogens is 454 g/mol. The molecule has 0 saturated carbocycles. The molecule has 3 amide bonds. The van der Waals surface area contributed by atoms with Crippen molar-refractivity contribution in [3.8, 4) is 0 Å². The van der Waals surface area contributed by atoms with Gasteiger partial charge in [-0.15, -0.1) is 0 Å². The second-order valence-corrected chi connectivity index (χ2v) is 10.4. The monoisotopic (exact) mass is 489 g/mol. The minimum Gasteiger partial charge on any atom is -0.369 e. The number of benzene rings is 1. The molecular formula is C25H36ClN5O3. The zero-order valence-corrected chi connectivity index (χ0v) is 20.9. The lowest BCUT2D eigenvalue weighted by Crippen LogP contribution is -2.51. The van der Waals surface area contributed by atoms with E-state index < -0.39 is 6.04 Å². The number of anilines is 1. The number of piperazine rings is 1. The number of rotatable bonds is 6. The third-order valence-corrected chi connectivity index (χ3v) is 7.85. The molecule has 3 fully saturated rings. The van der Waals surface area contributed by atoms with E-state index in [2.05, 4.69) is 26.5 Å². The summed E-state index contributed by atoms with van der Waals surface area (Å²) >= 11 is 6.14. The summed E-state index contributed by atoms with van der Waals surface area (Å²) in [5, 5.41) is 6.66. The second kappa shape index (κ2) is 10.5. The fraction of sp³-hybridized carbons (Fsp3) is 0.640. The molecule has 3 heterocycles. The number of hydrogen-bond acceptors (Lipinski definition) is 5. The van der Waals surface area contributed by atoms with Crippen LogP contribution in [0.15, 0.2) is 24.3 Å². The maximum Gasteiger partial charge on any atom is 0.244 e. The average Bonchev–Trinajstić information content (AvgIpc) is 3.12. The molecule has 0 unspecified atom stereocenters. The highest BCUT2D eigenvalue weighted by atomic mass is 35.5. The van der Waals surface area contributed by atoms with E-state index in [0.29, 0.717) is 25.9 Å². The molecule has 4 rings (SSSR count). The molecule has 1 spiro atoms. The number of amides is 3. The Labute approximate surface area is 207 Å². The highest BCUT2D eigenvalue weighted by molar-refractivity contribution is 6.30. The van der Waals surface area contributed by atoms with Crippen LogP contribution in [-0.4, -0.2) is 85.4 Å². The van der Waals surface area contributed by atoms with Crippen LogP contribution in [0.2, 0.25) is 5.02 Å². The van der Waals surface area contributed by atoms with Gasteiger partial charge in [0, 0.05) is 69.5 Å². The lowest BCUT2D eigenvalue weighted by Gasteiger charge is -2.38. The molecule has 3 aliphatic heterocycles. The van der Waals surface area contributed by atoms with Gasteiger partial charge >= 0.3 is 0 Å². The van der Waals surface area contributed by atoms with Gasteiger partial charge in [-0.2, -0.15) is 0 Å². The molecule has 2 atom stereocenters. The third kappa shape index (κ3) is 5.66. The Bertz CT molecular complexity index is 910. The molecule has 1 aromatic rings. The lowest BCUT2D eigenvalue weighted by molar-refractivity contribution is -0.140. The molecule has 8 nitrogen and oxygen atoms in total. The quantitative estimate of drug-likeness (QED) is 0.637. The van der Waals surface area contributed by atoms with Gasteiger partial charge in [0.15, 0.2) is 0 Å². The van der Waals surface area contributed by atoms with Crippen molar-refractivity contribution in [2.75, 3.05) is 50.7 Å². The number of halogens is 1. The van der Waals surface area contributed by atoms with Crippen molar-refractivity contribution in [1.82, 2.24) is 20.4 Å². The summed E-state index contributed by atoms with van der Waals surface area (Å²) in [7, 11) is 0. The van der Waals surface area contributed by atoms with Gasteiger partial charge in [-0.3, -0.25) is 19.3 Å². The molecule has 0 aliphatic carbocycles. The van der Waals surface area contributed by atoms with Crippen LogP contribution < -0.4 is 15.5 Å². The summed E-state index contributed by atoms with van der Waals surface area (Å²) in [5.74, 6) is -0.138. The number of piperidine rings is 1. The zero-order valence-electron chi connectivity index (χ0n) is 20.2. The normalized spacial score (nSPS) is 23.6. The first-order valence-corrected chi connectivity index (χ1v) is 12.7. The smallest absolute Gasteiger partial charge is 0.244 e. The average molecular weight is 490 g/mol. The molecule has 0 aromatic heterocycles. The van der Waals surface area contributed by atoms with Crippen molar-refractivity contribution in [2.45, 2.75) is 51.6 Å². The van der Waals surface area contributed by atoms with E-state index in [4.69, 9.17) is 11.6 Å². The number of nitrogens with zero attached hydrogens (tertiary/aromatic N) is 3. The molecule has 0 bridgehead atoms. The minimum absolute atomic E-state index is 0.0723. The SMILES string of the molecule is CC(=O)N[C@H](C)C(=O)N1CCC2(CC1)C[C@H](CCN1CCN(c3cccc(Cl)c3)CC1)NC2=O. The van der Waals surface area contributed by atoms with Crippen LogP contribution in [0.25, 0.3) is 0 Å². The molecule has 3 saturated heterocycles. The van der Waals surface area contributed by atoms with Gasteiger partial charge in [0.1, 0.15) is 6.04 Å². The van der Waals surface area contributed by atoms with Crippen LogP contribution in [0.1, 0.15) is 39.5 Å². The summed E-state index contributed by atoms with van der Waals surface area (Å²) < 4.78 is 0. The van der Waals surface area contributed by atoms with Crippen molar-refractivity contribution in [1.29, 1.82) is 0 Å². The number of carbonyl (C=O) groups excluding carboxylic acids is 3. The summed E-state index contributed by atoms with van der Waals surface area (Å²) in [5.41, 5.74) is 0.817. The first-order valence-electron chi connectivity index (χ1n) is 12.4. The Morgan fingerprint density at radius 1 is 1.18 bits per heavy atom. The molecule has 34 heavy (non-hydrogen) atoms. The predicted octanol–water partition coefficient (Wildman–Crippen LogP) is 1.87. The summed E-state index contributed by atoms with van der Waals surface area (Å²) in [4.78, 5) is 43.4. The van der Waals surface area contributed by atoms with E-state index in [1.165, 1.54) is 12.6 Å².